The van der Waals surface area contributed by atoms with Gasteiger partial charge in [0.05, 0.1) is 4.90 Å². The van der Waals surface area contributed by atoms with E-state index in [0.29, 0.717) is 11.4 Å². The van der Waals surface area contributed by atoms with Crippen molar-refractivity contribution in [1.29, 1.82) is 0 Å². The zero-order chi connectivity index (χ0) is 14.3. The van der Waals surface area contributed by atoms with Gasteiger partial charge in [0.15, 0.2) is 9.84 Å². The molecule has 108 valence electrons. The lowest BCUT2D eigenvalue weighted by Crippen LogP contribution is -2.29. The van der Waals surface area contributed by atoms with Crippen LogP contribution in [0.1, 0.15) is 24.8 Å². The van der Waals surface area contributed by atoms with Crippen molar-refractivity contribution in [3.05, 3.63) is 29.8 Å². The number of benzene rings is 1. The van der Waals surface area contributed by atoms with E-state index in [0.717, 1.165) is 30.2 Å². The maximum Gasteiger partial charge on any atom is 0.223 e. The van der Waals surface area contributed by atoms with Crippen molar-refractivity contribution in [3.63, 3.8) is 0 Å². The van der Waals surface area contributed by atoms with E-state index in [-0.39, 0.29) is 11.8 Å². The van der Waals surface area contributed by atoms with Gasteiger partial charge in [-0.15, -0.1) is 0 Å². The number of fused-ring (bicyclic) bond motifs is 1. The molecule has 0 radical (unpaired) electrons. The molecule has 0 saturated heterocycles. The van der Waals surface area contributed by atoms with Gasteiger partial charge in [-0.25, -0.2) is 8.42 Å². The molecule has 4 nitrogen and oxygen atoms in total. The summed E-state index contributed by atoms with van der Waals surface area (Å²) in [6.45, 7) is 0.467. The maximum absolute atomic E-state index is 12.0. The summed E-state index contributed by atoms with van der Waals surface area (Å²) in [4.78, 5) is 12.3. The number of rotatable bonds is 4. The molecule has 0 spiro atoms. The van der Waals surface area contributed by atoms with E-state index < -0.39 is 9.84 Å². The van der Waals surface area contributed by atoms with E-state index in [9.17, 15) is 13.2 Å². The highest BCUT2D eigenvalue weighted by Gasteiger charge is 2.47. The fraction of sp³-hybridized carbons (Fsp3) is 0.533. The molecule has 2 fully saturated rings. The molecule has 1 N–H and O–H groups in total. The van der Waals surface area contributed by atoms with Crippen LogP contribution in [0.3, 0.4) is 0 Å². The third-order valence-corrected chi connectivity index (χ3v) is 5.56. The predicted octanol–water partition coefficient (Wildman–Crippen LogP) is 1.75. The van der Waals surface area contributed by atoms with Gasteiger partial charge in [-0.05, 0) is 48.8 Å². The Labute approximate surface area is 119 Å². The molecule has 20 heavy (non-hydrogen) atoms. The summed E-state index contributed by atoms with van der Waals surface area (Å²) in [6.07, 6.45) is 4.60. The largest absolute Gasteiger partial charge is 0.352 e. The smallest absolute Gasteiger partial charge is 0.223 e. The topological polar surface area (TPSA) is 63.2 Å². The number of hydrogen-bond donors (Lipinski definition) is 1. The minimum Gasteiger partial charge on any atom is -0.352 e. The van der Waals surface area contributed by atoms with Gasteiger partial charge >= 0.3 is 0 Å². The number of nitrogens with one attached hydrogen (secondary N) is 1. The third kappa shape index (κ3) is 2.87. The van der Waals surface area contributed by atoms with Crippen molar-refractivity contribution in [2.45, 2.75) is 30.7 Å². The van der Waals surface area contributed by atoms with E-state index in [2.05, 4.69) is 5.32 Å². The Morgan fingerprint density at radius 2 is 1.75 bits per heavy atom. The first-order valence-corrected chi connectivity index (χ1v) is 8.89. The van der Waals surface area contributed by atoms with E-state index in [1.165, 1.54) is 12.7 Å². The molecule has 1 aromatic rings. The summed E-state index contributed by atoms with van der Waals surface area (Å²) < 4.78 is 22.7. The average molecular weight is 293 g/mol. The van der Waals surface area contributed by atoms with Crippen LogP contribution in [-0.4, -0.2) is 20.6 Å². The van der Waals surface area contributed by atoms with E-state index >= 15 is 0 Å². The number of carbonyl (C=O) groups excluding carboxylic acids is 1. The van der Waals surface area contributed by atoms with E-state index in [4.69, 9.17) is 0 Å². The molecule has 2 atom stereocenters. The van der Waals surface area contributed by atoms with Crippen molar-refractivity contribution in [1.82, 2.24) is 5.32 Å². The van der Waals surface area contributed by atoms with Crippen LogP contribution < -0.4 is 5.32 Å². The normalized spacial score (nSPS) is 27.9. The molecule has 0 aliphatic heterocycles. The molecule has 1 amide bonds. The third-order valence-electron chi connectivity index (χ3n) is 4.43. The molecular weight excluding hydrogens is 274 g/mol. The van der Waals surface area contributed by atoms with Crippen LogP contribution in [0.25, 0.3) is 0 Å². The Bertz CT molecular complexity index is 611. The quantitative estimate of drug-likeness (QED) is 0.920. The Morgan fingerprint density at radius 3 is 2.30 bits per heavy atom. The van der Waals surface area contributed by atoms with Gasteiger partial charge in [-0.3, -0.25) is 4.79 Å². The zero-order valence-corrected chi connectivity index (χ0v) is 12.3. The lowest BCUT2D eigenvalue weighted by molar-refractivity contribution is -0.125. The van der Waals surface area contributed by atoms with Crippen LogP contribution >= 0.6 is 0 Å². The highest BCUT2D eigenvalue weighted by molar-refractivity contribution is 7.90. The van der Waals surface area contributed by atoms with Crippen molar-refractivity contribution in [2.24, 2.45) is 17.8 Å². The van der Waals surface area contributed by atoms with Crippen molar-refractivity contribution in [3.8, 4) is 0 Å². The molecular formula is C15H19NO3S. The van der Waals surface area contributed by atoms with Gasteiger partial charge in [-0.2, -0.15) is 0 Å². The molecule has 1 aromatic carbocycles. The summed E-state index contributed by atoms with van der Waals surface area (Å²) in [7, 11) is -3.15. The Morgan fingerprint density at radius 1 is 1.15 bits per heavy atom. The average Bonchev–Trinajstić information content (AvgIpc) is 3.02. The summed E-state index contributed by atoms with van der Waals surface area (Å²) in [5, 5.41) is 2.95. The van der Waals surface area contributed by atoms with Crippen molar-refractivity contribution >= 4 is 15.7 Å². The standard InChI is InChI=1S/C15H19NO3S/c1-20(18,19)14-4-2-10(3-5-14)9-16-15(17)13-7-11-6-12(11)8-13/h2-5,11-13H,6-9H2,1H3,(H,16,17). The van der Waals surface area contributed by atoms with Gasteiger partial charge in [0.2, 0.25) is 5.91 Å². The molecule has 2 aliphatic rings. The van der Waals surface area contributed by atoms with Crippen LogP contribution in [0, 0.1) is 17.8 Å². The first-order valence-electron chi connectivity index (χ1n) is 7.00. The fourth-order valence-corrected chi connectivity index (χ4v) is 3.75. The summed E-state index contributed by atoms with van der Waals surface area (Å²) in [5.41, 5.74) is 0.925. The molecule has 3 rings (SSSR count). The molecule has 2 aliphatic carbocycles. The summed E-state index contributed by atoms with van der Waals surface area (Å²) in [6, 6.07) is 6.68. The van der Waals surface area contributed by atoms with Gasteiger partial charge in [0.1, 0.15) is 0 Å². The lowest BCUT2D eigenvalue weighted by atomic mass is 10.0. The molecule has 0 bridgehead atoms. The van der Waals surface area contributed by atoms with E-state index in [1.807, 2.05) is 0 Å². The first kappa shape index (κ1) is 13.6. The number of carbonyl (C=O) groups is 1. The number of amides is 1. The lowest BCUT2D eigenvalue weighted by Gasteiger charge is -2.12. The number of hydrogen-bond acceptors (Lipinski definition) is 3. The Hall–Kier alpha value is -1.36. The molecule has 2 unspecified atom stereocenters. The van der Waals surface area contributed by atoms with Crippen LogP contribution in [-0.2, 0) is 21.2 Å². The zero-order valence-electron chi connectivity index (χ0n) is 11.5. The minimum absolute atomic E-state index is 0.143. The Balaban J connectivity index is 1.54. The molecule has 0 heterocycles. The first-order chi connectivity index (χ1) is 9.43. The van der Waals surface area contributed by atoms with Gasteiger partial charge in [-0.1, -0.05) is 12.1 Å². The molecule has 2 saturated carbocycles. The second-order valence-electron chi connectivity index (χ2n) is 6.06. The van der Waals surface area contributed by atoms with Gasteiger partial charge in [0, 0.05) is 18.7 Å². The van der Waals surface area contributed by atoms with Crippen LogP contribution in [0.4, 0.5) is 0 Å². The SMILES string of the molecule is CS(=O)(=O)c1ccc(CNC(=O)C2CC3CC3C2)cc1. The van der Waals surface area contributed by atoms with Crippen molar-refractivity contribution in [2.75, 3.05) is 6.26 Å². The molecule has 5 heteroatoms. The van der Waals surface area contributed by atoms with Gasteiger partial charge < -0.3 is 5.32 Å². The monoisotopic (exact) mass is 293 g/mol. The number of sulfone groups is 1. The van der Waals surface area contributed by atoms with Crippen LogP contribution in [0.2, 0.25) is 0 Å². The van der Waals surface area contributed by atoms with Crippen LogP contribution in [0.5, 0.6) is 0 Å². The van der Waals surface area contributed by atoms with Crippen molar-refractivity contribution < 1.29 is 13.2 Å². The second-order valence-corrected chi connectivity index (χ2v) is 8.07. The fourth-order valence-electron chi connectivity index (χ4n) is 3.12. The Kier molecular flexibility index (Phi) is 3.32. The second kappa shape index (κ2) is 4.88. The summed E-state index contributed by atoms with van der Waals surface area (Å²) >= 11 is 0. The van der Waals surface area contributed by atoms with E-state index in [1.54, 1.807) is 24.3 Å². The maximum atomic E-state index is 12.0. The van der Waals surface area contributed by atoms with Gasteiger partial charge in [0.25, 0.3) is 0 Å². The van der Waals surface area contributed by atoms with Crippen LogP contribution in [0.15, 0.2) is 29.2 Å². The minimum atomic E-state index is -3.15. The molecule has 0 aromatic heterocycles. The highest BCUT2D eigenvalue weighted by atomic mass is 32.2. The highest BCUT2D eigenvalue weighted by Crippen LogP contribution is 2.54. The predicted molar refractivity (Wildman–Crippen MR) is 75.7 cm³/mol. The summed E-state index contributed by atoms with van der Waals surface area (Å²) in [5.74, 6) is 1.94.